The zero-order valence-corrected chi connectivity index (χ0v) is 12.8. The van der Waals surface area contributed by atoms with Gasteiger partial charge in [-0.15, -0.1) is 0 Å². The Bertz CT molecular complexity index is 566. The van der Waals surface area contributed by atoms with Crippen molar-refractivity contribution in [1.29, 1.82) is 0 Å². The van der Waals surface area contributed by atoms with Crippen LogP contribution in [0.2, 0.25) is 0 Å². The molecule has 0 radical (unpaired) electrons. The maximum Gasteiger partial charge on any atom is 0.216 e. The molecule has 0 fully saturated rings. The third kappa shape index (κ3) is 3.83. The summed E-state index contributed by atoms with van der Waals surface area (Å²) in [5, 5.41) is 17.3. The van der Waals surface area contributed by atoms with Crippen LogP contribution in [0, 0.1) is 6.92 Å². The molecular weight excluding hydrogens is 266 g/mol. The zero-order valence-electron chi connectivity index (χ0n) is 12.8. The Labute approximate surface area is 125 Å². The summed E-state index contributed by atoms with van der Waals surface area (Å²) in [6.07, 6.45) is 0.791. The molecule has 2 aromatic rings. The maximum atomic E-state index is 9.55. The molecule has 2 N–H and O–H groups in total. The van der Waals surface area contributed by atoms with Gasteiger partial charge in [0.2, 0.25) is 5.88 Å². The molecular formula is C16H23N3O2. The van der Waals surface area contributed by atoms with Crippen molar-refractivity contribution in [3.63, 3.8) is 0 Å². The Morgan fingerprint density at radius 3 is 2.67 bits per heavy atom. The maximum absolute atomic E-state index is 9.55. The minimum atomic E-state index is 0.0108. The Balaban J connectivity index is 2.00. The van der Waals surface area contributed by atoms with Crippen molar-refractivity contribution < 1.29 is 9.84 Å². The van der Waals surface area contributed by atoms with Gasteiger partial charge in [-0.1, -0.05) is 30.3 Å². The lowest BCUT2D eigenvalue weighted by molar-refractivity contribution is 0.240. The second kappa shape index (κ2) is 7.24. The van der Waals surface area contributed by atoms with Gasteiger partial charge in [-0.25, -0.2) is 4.68 Å². The van der Waals surface area contributed by atoms with Crippen molar-refractivity contribution in [2.75, 3.05) is 13.7 Å². The highest BCUT2D eigenvalue weighted by Crippen LogP contribution is 2.20. The standard InChI is InChI=1S/C16H23N3O2/c1-12-15(16(21-3)19(2)18-12)10-17-14(11-20)9-13-7-5-4-6-8-13/h4-8,14,17,20H,9-11H2,1-3H3/t14-/m1/s1. The van der Waals surface area contributed by atoms with Gasteiger partial charge < -0.3 is 15.2 Å². The van der Waals surface area contributed by atoms with Crippen LogP contribution in [0.15, 0.2) is 30.3 Å². The molecule has 0 aliphatic rings. The number of ether oxygens (including phenoxy) is 1. The number of aromatic nitrogens is 2. The van der Waals surface area contributed by atoms with Crippen LogP contribution in [0.1, 0.15) is 16.8 Å². The monoisotopic (exact) mass is 289 g/mol. The normalized spacial score (nSPS) is 12.4. The molecule has 0 saturated carbocycles. The molecule has 0 unspecified atom stereocenters. The minimum Gasteiger partial charge on any atom is -0.481 e. The molecule has 1 atom stereocenters. The lowest BCUT2D eigenvalue weighted by atomic mass is 10.1. The van der Waals surface area contributed by atoms with Crippen molar-refractivity contribution in [1.82, 2.24) is 15.1 Å². The summed E-state index contributed by atoms with van der Waals surface area (Å²) in [6, 6.07) is 10.2. The van der Waals surface area contributed by atoms with Crippen LogP contribution in [0.25, 0.3) is 0 Å². The summed E-state index contributed by atoms with van der Waals surface area (Å²) in [4.78, 5) is 0. The molecule has 21 heavy (non-hydrogen) atoms. The number of aliphatic hydroxyl groups is 1. The van der Waals surface area contributed by atoms with E-state index in [2.05, 4.69) is 22.5 Å². The molecule has 0 aliphatic carbocycles. The van der Waals surface area contributed by atoms with Gasteiger partial charge in [0.1, 0.15) is 0 Å². The van der Waals surface area contributed by atoms with E-state index in [4.69, 9.17) is 4.74 Å². The number of methoxy groups -OCH3 is 1. The van der Waals surface area contributed by atoms with Crippen LogP contribution >= 0.6 is 0 Å². The summed E-state index contributed by atoms with van der Waals surface area (Å²) in [6.45, 7) is 2.68. The molecule has 0 amide bonds. The van der Waals surface area contributed by atoms with Gasteiger partial charge in [-0.3, -0.25) is 0 Å². The largest absolute Gasteiger partial charge is 0.481 e. The molecule has 1 heterocycles. The van der Waals surface area contributed by atoms with Crippen LogP contribution in [0.4, 0.5) is 0 Å². The van der Waals surface area contributed by atoms with Crippen molar-refractivity contribution >= 4 is 0 Å². The Hall–Kier alpha value is -1.85. The van der Waals surface area contributed by atoms with Gasteiger partial charge in [0, 0.05) is 19.6 Å². The highest BCUT2D eigenvalue weighted by Gasteiger charge is 2.15. The van der Waals surface area contributed by atoms with Crippen molar-refractivity contribution in [3.8, 4) is 5.88 Å². The van der Waals surface area contributed by atoms with Gasteiger partial charge in [0.25, 0.3) is 0 Å². The second-order valence-corrected chi connectivity index (χ2v) is 5.15. The van der Waals surface area contributed by atoms with E-state index in [1.807, 2.05) is 32.2 Å². The Kier molecular flexibility index (Phi) is 5.36. The second-order valence-electron chi connectivity index (χ2n) is 5.15. The number of nitrogens with zero attached hydrogens (tertiary/aromatic N) is 2. The molecule has 0 bridgehead atoms. The summed E-state index contributed by atoms with van der Waals surface area (Å²) in [5.74, 6) is 0.761. The first-order chi connectivity index (χ1) is 10.2. The summed E-state index contributed by atoms with van der Waals surface area (Å²) >= 11 is 0. The van der Waals surface area contributed by atoms with Crippen LogP contribution in [0.3, 0.4) is 0 Å². The Morgan fingerprint density at radius 2 is 2.05 bits per heavy atom. The fourth-order valence-electron chi connectivity index (χ4n) is 2.49. The number of rotatable bonds is 7. The third-order valence-electron chi connectivity index (χ3n) is 3.59. The smallest absolute Gasteiger partial charge is 0.216 e. The summed E-state index contributed by atoms with van der Waals surface area (Å²) in [5.41, 5.74) is 3.18. The van der Waals surface area contributed by atoms with E-state index >= 15 is 0 Å². The fourth-order valence-corrected chi connectivity index (χ4v) is 2.49. The van der Waals surface area contributed by atoms with Gasteiger partial charge in [-0.2, -0.15) is 5.10 Å². The average Bonchev–Trinajstić information content (AvgIpc) is 2.77. The lowest BCUT2D eigenvalue weighted by Gasteiger charge is -2.16. The van der Waals surface area contributed by atoms with Crippen LogP contribution < -0.4 is 10.1 Å². The molecule has 0 aliphatic heterocycles. The number of benzene rings is 1. The summed E-state index contributed by atoms with van der Waals surface area (Å²) in [7, 11) is 3.51. The van der Waals surface area contributed by atoms with Gasteiger partial charge >= 0.3 is 0 Å². The molecule has 1 aromatic carbocycles. The van der Waals surface area contributed by atoms with Crippen LogP contribution in [-0.4, -0.2) is 34.6 Å². The third-order valence-corrected chi connectivity index (χ3v) is 3.59. The quantitative estimate of drug-likeness (QED) is 0.809. The van der Waals surface area contributed by atoms with E-state index in [0.29, 0.717) is 6.54 Å². The number of hydrogen-bond donors (Lipinski definition) is 2. The van der Waals surface area contributed by atoms with E-state index in [-0.39, 0.29) is 12.6 Å². The summed E-state index contributed by atoms with van der Waals surface area (Å²) < 4.78 is 7.11. The fraction of sp³-hybridized carbons (Fsp3) is 0.438. The molecule has 0 spiro atoms. The predicted molar refractivity (Wildman–Crippen MR) is 82.4 cm³/mol. The number of aryl methyl sites for hydroxylation is 2. The van der Waals surface area contributed by atoms with Crippen molar-refractivity contribution in [2.24, 2.45) is 7.05 Å². The minimum absolute atomic E-state index is 0.0108. The molecule has 0 saturated heterocycles. The van der Waals surface area contributed by atoms with E-state index in [1.165, 1.54) is 5.56 Å². The van der Waals surface area contributed by atoms with Crippen LogP contribution in [0.5, 0.6) is 5.88 Å². The number of hydrogen-bond acceptors (Lipinski definition) is 4. The van der Waals surface area contributed by atoms with Gasteiger partial charge in [-0.05, 0) is 18.9 Å². The number of nitrogens with one attached hydrogen (secondary N) is 1. The number of aliphatic hydroxyl groups excluding tert-OH is 1. The lowest BCUT2D eigenvalue weighted by Crippen LogP contribution is -2.34. The first-order valence-corrected chi connectivity index (χ1v) is 7.10. The zero-order chi connectivity index (χ0) is 15.2. The van der Waals surface area contributed by atoms with Crippen molar-refractivity contribution in [2.45, 2.75) is 25.9 Å². The first kappa shape index (κ1) is 15.5. The van der Waals surface area contributed by atoms with E-state index in [1.54, 1.807) is 11.8 Å². The molecule has 1 aromatic heterocycles. The van der Waals surface area contributed by atoms with E-state index < -0.39 is 0 Å². The highest BCUT2D eigenvalue weighted by molar-refractivity contribution is 5.30. The molecule has 5 nitrogen and oxygen atoms in total. The van der Waals surface area contributed by atoms with Gasteiger partial charge in [0.05, 0.1) is 25.0 Å². The van der Waals surface area contributed by atoms with Crippen LogP contribution in [-0.2, 0) is 20.0 Å². The molecule has 5 heteroatoms. The topological polar surface area (TPSA) is 59.3 Å². The molecule has 2 rings (SSSR count). The van der Waals surface area contributed by atoms with Crippen molar-refractivity contribution in [3.05, 3.63) is 47.2 Å². The Morgan fingerprint density at radius 1 is 1.33 bits per heavy atom. The highest BCUT2D eigenvalue weighted by atomic mass is 16.5. The van der Waals surface area contributed by atoms with E-state index in [9.17, 15) is 5.11 Å². The average molecular weight is 289 g/mol. The predicted octanol–water partition coefficient (Wildman–Crippen LogP) is 1.43. The van der Waals surface area contributed by atoms with E-state index in [0.717, 1.165) is 23.6 Å². The molecule has 114 valence electrons. The van der Waals surface area contributed by atoms with Gasteiger partial charge in [0.15, 0.2) is 0 Å². The first-order valence-electron chi connectivity index (χ1n) is 7.10. The SMILES string of the molecule is COc1c(CN[C@@H](CO)Cc2ccccc2)c(C)nn1C.